The van der Waals surface area contributed by atoms with E-state index in [1.807, 2.05) is 44.2 Å². The third-order valence-electron chi connectivity index (χ3n) is 6.58. The van der Waals surface area contributed by atoms with Crippen molar-refractivity contribution < 1.29 is 30.8 Å². The molecule has 0 aliphatic carbocycles. The van der Waals surface area contributed by atoms with E-state index in [0.29, 0.717) is 25.7 Å². The van der Waals surface area contributed by atoms with Crippen LogP contribution in [-0.4, -0.2) is 45.6 Å². The van der Waals surface area contributed by atoms with Gasteiger partial charge in [-0.1, -0.05) is 29.8 Å². The minimum absolute atomic E-state index is 0.0320. The van der Waals surface area contributed by atoms with Crippen LogP contribution in [0.2, 0.25) is 0 Å². The summed E-state index contributed by atoms with van der Waals surface area (Å²) in [7, 11) is -4.32. The molecular weight excluding hydrogens is 580 g/mol. The summed E-state index contributed by atoms with van der Waals surface area (Å²) in [6.45, 7) is 7.37. The summed E-state index contributed by atoms with van der Waals surface area (Å²) in [5, 5.41) is 0.667. The molecule has 0 saturated heterocycles. The summed E-state index contributed by atoms with van der Waals surface area (Å²) in [5.41, 5.74) is 4.95. The van der Waals surface area contributed by atoms with Crippen molar-refractivity contribution in [2.75, 3.05) is 14.1 Å². The Labute approximate surface area is 244 Å². The predicted molar refractivity (Wildman–Crippen MR) is 159 cm³/mol. The molecule has 3 aromatic carbocycles. The molecular formula is C30H30N2O8S2. The summed E-state index contributed by atoms with van der Waals surface area (Å²) < 4.78 is 59.2. The summed E-state index contributed by atoms with van der Waals surface area (Å²) in [6, 6.07) is 15.7. The van der Waals surface area contributed by atoms with E-state index in [1.165, 1.54) is 36.8 Å². The lowest BCUT2D eigenvalue weighted by Crippen LogP contribution is -2.39. The SMILES string of the molecule is Cc1ccc2c(c1)S(=O)(=O)N(C)C(=O)O2.Cc1ccc2c(c1)S(=O)(=O)N(C)C=C2.Cc1ccc2occ(C)c(=O)c2c1. The van der Waals surface area contributed by atoms with Crippen molar-refractivity contribution in [2.45, 2.75) is 37.5 Å². The first kappa shape index (κ1) is 30.5. The maximum Gasteiger partial charge on any atom is 0.429 e. The number of aryl methyl sites for hydroxylation is 4. The molecule has 2 aliphatic heterocycles. The van der Waals surface area contributed by atoms with E-state index in [-0.39, 0.29) is 16.1 Å². The fraction of sp³-hybridized carbons (Fsp3) is 0.200. The van der Waals surface area contributed by atoms with Gasteiger partial charge in [0.25, 0.3) is 20.0 Å². The Morgan fingerprint density at radius 2 is 1.31 bits per heavy atom. The van der Waals surface area contributed by atoms with Crippen molar-refractivity contribution in [3.63, 3.8) is 0 Å². The zero-order valence-corrected chi connectivity index (χ0v) is 25.5. The third kappa shape index (κ3) is 5.95. The highest BCUT2D eigenvalue weighted by molar-refractivity contribution is 7.90. The molecule has 4 aromatic rings. The third-order valence-corrected chi connectivity index (χ3v) is 10.1. The first-order valence-electron chi connectivity index (χ1n) is 12.7. The van der Waals surface area contributed by atoms with E-state index in [4.69, 9.17) is 9.15 Å². The number of rotatable bonds is 0. The molecule has 0 spiro atoms. The van der Waals surface area contributed by atoms with Crippen molar-refractivity contribution in [3.05, 3.63) is 105 Å². The van der Waals surface area contributed by atoms with Crippen molar-refractivity contribution in [2.24, 2.45) is 0 Å². The number of nitrogens with zero attached hydrogens (tertiary/aromatic N) is 2. The maximum atomic E-state index is 11.8. The Kier molecular flexibility index (Phi) is 8.33. The second-order valence-electron chi connectivity index (χ2n) is 9.92. The Hall–Kier alpha value is -4.42. The van der Waals surface area contributed by atoms with E-state index in [9.17, 15) is 26.4 Å². The van der Waals surface area contributed by atoms with Crippen LogP contribution < -0.4 is 10.2 Å². The minimum Gasteiger partial charge on any atom is -0.464 e. The first-order valence-corrected chi connectivity index (χ1v) is 15.6. The fourth-order valence-corrected chi connectivity index (χ4v) is 6.60. The molecule has 0 bridgehead atoms. The highest BCUT2D eigenvalue weighted by atomic mass is 32.2. The number of carbonyl (C=O) groups excluding carboxylic acids is 1. The Morgan fingerprint density at radius 3 is 2.00 bits per heavy atom. The summed E-state index contributed by atoms with van der Waals surface area (Å²) in [6.07, 6.45) is 3.98. The summed E-state index contributed by atoms with van der Waals surface area (Å²) >= 11 is 0. The Morgan fingerprint density at radius 1 is 0.714 bits per heavy atom. The normalized spacial score (nSPS) is 15.8. The zero-order chi connectivity index (χ0) is 31.0. The molecule has 0 saturated carbocycles. The van der Waals surface area contributed by atoms with Crippen LogP contribution in [0.25, 0.3) is 17.0 Å². The second-order valence-corrected chi connectivity index (χ2v) is 13.8. The number of hydrogen-bond acceptors (Lipinski definition) is 8. The van der Waals surface area contributed by atoms with Crippen LogP contribution in [0.1, 0.15) is 27.8 Å². The molecule has 0 N–H and O–H groups in total. The van der Waals surface area contributed by atoms with Gasteiger partial charge in [-0.2, -0.15) is 0 Å². The number of carbonyl (C=O) groups is 1. The van der Waals surface area contributed by atoms with Gasteiger partial charge in [-0.25, -0.2) is 25.9 Å². The molecule has 12 heteroatoms. The van der Waals surface area contributed by atoms with Crippen molar-refractivity contribution in [1.29, 1.82) is 0 Å². The van der Waals surface area contributed by atoms with Gasteiger partial charge in [-0.3, -0.25) is 9.10 Å². The lowest BCUT2D eigenvalue weighted by molar-refractivity contribution is 0.179. The van der Waals surface area contributed by atoms with Crippen LogP contribution in [0.3, 0.4) is 0 Å². The van der Waals surface area contributed by atoms with Gasteiger partial charge < -0.3 is 9.15 Å². The van der Waals surface area contributed by atoms with E-state index in [2.05, 4.69) is 0 Å². The number of benzene rings is 3. The molecule has 1 amide bonds. The number of sulfonamides is 2. The predicted octanol–water partition coefficient (Wildman–Crippen LogP) is 5.14. The fourth-order valence-electron chi connectivity index (χ4n) is 4.07. The van der Waals surface area contributed by atoms with Gasteiger partial charge in [-0.05, 0) is 80.8 Å². The van der Waals surface area contributed by atoms with E-state index in [0.717, 1.165) is 22.3 Å². The molecule has 10 nitrogen and oxygen atoms in total. The van der Waals surface area contributed by atoms with Crippen LogP contribution in [-0.2, 0) is 20.0 Å². The number of fused-ring (bicyclic) bond motifs is 3. The molecule has 220 valence electrons. The van der Waals surface area contributed by atoms with Gasteiger partial charge in [-0.15, -0.1) is 0 Å². The average Bonchev–Trinajstić information content (AvgIpc) is 2.94. The molecule has 0 atom stereocenters. The summed E-state index contributed by atoms with van der Waals surface area (Å²) in [5.74, 6) is 0.0868. The Balaban J connectivity index is 0.000000145. The van der Waals surface area contributed by atoms with E-state index >= 15 is 0 Å². The molecule has 0 radical (unpaired) electrons. The Bertz CT molecular complexity index is 2010. The highest BCUT2D eigenvalue weighted by Crippen LogP contribution is 2.32. The second kappa shape index (κ2) is 11.5. The number of hydrogen-bond donors (Lipinski definition) is 0. The van der Waals surface area contributed by atoms with Crippen molar-refractivity contribution in [1.82, 2.24) is 8.61 Å². The number of ether oxygens (including phenoxy) is 1. The van der Waals surface area contributed by atoms with Gasteiger partial charge in [0.2, 0.25) is 0 Å². The number of amides is 1. The topological polar surface area (TPSA) is 131 Å². The van der Waals surface area contributed by atoms with Gasteiger partial charge in [0, 0.05) is 25.9 Å². The molecule has 6 rings (SSSR count). The standard InChI is InChI=1S/C11H10O2.C10H11NO2S.C9H9NO4S/c1-7-3-4-10-9(5-7)11(12)8(2)6-13-10;1-8-3-4-9-5-6-11(2)14(12,13)10(9)7-8;1-6-3-4-7-8(5-6)15(12,13)10(2)9(11)14-7/h3-6H,1-2H3;3-7H,1-2H3;3-5H,1-2H3. The molecule has 2 aliphatic rings. The lowest BCUT2D eigenvalue weighted by atomic mass is 10.1. The van der Waals surface area contributed by atoms with Crippen LogP contribution in [0.5, 0.6) is 5.75 Å². The van der Waals surface area contributed by atoms with Gasteiger partial charge in [0.15, 0.2) is 11.2 Å². The molecule has 0 fully saturated rings. The first-order chi connectivity index (χ1) is 19.6. The lowest BCUT2D eigenvalue weighted by Gasteiger charge is -2.24. The van der Waals surface area contributed by atoms with Crippen molar-refractivity contribution in [3.8, 4) is 5.75 Å². The van der Waals surface area contributed by atoms with Gasteiger partial charge in [0.1, 0.15) is 10.5 Å². The smallest absolute Gasteiger partial charge is 0.429 e. The maximum absolute atomic E-state index is 11.8. The largest absolute Gasteiger partial charge is 0.464 e. The van der Waals surface area contributed by atoms with Crippen LogP contribution in [0.4, 0.5) is 4.79 Å². The average molecular weight is 611 g/mol. The molecule has 3 heterocycles. The molecule has 0 unspecified atom stereocenters. The van der Waals surface area contributed by atoms with E-state index in [1.54, 1.807) is 38.3 Å². The van der Waals surface area contributed by atoms with E-state index < -0.39 is 26.1 Å². The van der Waals surface area contributed by atoms with Crippen molar-refractivity contribution >= 4 is 43.2 Å². The van der Waals surface area contributed by atoms with Crippen LogP contribution in [0, 0.1) is 27.7 Å². The highest BCUT2D eigenvalue weighted by Gasteiger charge is 2.35. The van der Waals surface area contributed by atoms with Crippen LogP contribution in [0.15, 0.2) is 86.1 Å². The molecule has 1 aromatic heterocycles. The quantitative estimate of drug-likeness (QED) is 0.268. The summed E-state index contributed by atoms with van der Waals surface area (Å²) in [4.78, 5) is 23.2. The van der Waals surface area contributed by atoms with Gasteiger partial charge >= 0.3 is 6.09 Å². The zero-order valence-electron chi connectivity index (χ0n) is 23.9. The molecule has 42 heavy (non-hydrogen) atoms. The van der Waals surface area contributed by atoms with Gasteiger partial charge in [0.05, 0.1) is 16.5 Å². The monoisotopic (exact) mass is 610 g/mol. The van der Waals surface area contributed by atoms with Crippen LogP contribution >= 0.6 is 0 Å². The minimum atomic E-state index is -3.73.